The number of hydrogen-bond donors (Lipinski definition) is 1. The summed E-state index contributed by atoms with van der Waals surface area (Å²) in [4.78, 5) is 26.2. The summed E-state index contributed by atoms with van der Waals surface area (Å²) < 4.78 is 6.55. The van der Waals surface area contributed by atoms with Crippen molar-refractivity contribution in [2.24, 2.45) is 0 Å². The predicted octanol–water partition coefficient (Wildman–Crippen LogP) is 6.20. The quantitative estimate of drug-likeness (QED) is 0.187. The Morgan fingerprint density at radius 2 is 1.83 bits per heavy atom. The number of aryl methyl sites for hydroxylation is 1. The molecule has 0 atom stereocenters. The molecule has 0 aliphatic rings. The molecule has 0 fully saturated rings. The van der Waals surface area contributed by atoms with E-state index in [0.717, 1.165) is 21.7 Å². The maximum atomic E-state index is 13.1. The largest absolute Gasteiger partial charge is 0.465 e. The number of nitrogens with one attached hydrogen (secondary N) is 1. The van der Waals surface area contributed by atoms with Gasteiger partial charge in [-0.25, -0.2) is 9.48 Å². The van der Waals surface area contributed by atoms with Gasteiger partial charge < -0.3 is 10.1 Å². The van der Waals surface area contributed by atoms with Gasteiger partial charge in [-0.15, -0.1) is 11.3 Å². The molecule has 0 saturated heterocycles. The first-order valence-electron chi connectivity index (χ1n) is 10.8. The van der Waals surface area contributed by atoms with Gasteiger partial charge in [0.25, 0.3) is 5.91 Å². The number of halogens is 1. The Kier molecular flexibility index (Phi) is 7.34. The molecule has 2 aromatic carbocycles. The van der Waals surface area contributed by atoms with E-state index in [1.165, 1.54) is 24.5 Å². The summed E-state index contributed by atoms with van der Waals surface area (Å²) in [5.41, 5.74) is 3.60. The molecule has 9 heteroatoms. The maximum absolute atomic E-state index is 13.1. The van der Waals surface area contributed by atoms with Gasteiger partial charge >= 0.3 is 5.97 Å². The van der Waals surface area contributed by atoms with E-state index in [9.17, 15) is 14.9 Å². The lowest BCUT2D eigenvalue weighted by atomic mass is 10.1. The molecule has 1 amide bonds. The van der Waals surface area contributed by atoms with Crippen LogP contribution in [-0.2, 0) is 9.53 Å². The maximum Gasteiger partial charge on any atom is 0.341 e. The van der Waals surface area contributed by atoms with Crippen LogP contribution in [0.15, 0.2) is 66.4 Å². The van der Waals surface area contributed by atoms with E-state index in [0.29, 0.717) is 21.3 Å². The minimum Gasteiger partial charge on any atom is -0.465 e. The van der Waals surface area contributed by atoms with Gasteiger partial charge in [0.05, 0.1) is 24.1 Å². The number of rotatable bonds is 6. The van der Waals surface area contributed by atoms with Crippen LogP contribution in [0.1, 0.15) is 26.4 Å². The number of benzene rings is 2. The standard InChI is InChI=1S/C27H21ClN4O3S/c1-16-17(2)36-26(23(16)27(34)35-3)30-25(33)19(14-29)13-20-15-32(22-7-5-4-6-8-22)31-24(20)18-9-11-21(28)12-10-18/h4-13,15H,1-3H3,(H,30,33)/b19-13+. The second-order valence-electron chi connectivity index (χ2n) is 7.82. The zero-order valence-corrected chi connectivity index (χ0v) is 21.3. The van der Waals surface area contributed by atoms with Gasteiger partial charge in [0.15, 0.2) is 0 Å². The van der Waals surface area contributed by atoms with Gasteiger partial charge in [-0.1, -0.05) is 41.9 Å². The first-order chi connectivity index (χ1) is 17.3. The number of ether oxygens (including phenoxy) is 1. The van der Waals surface area contributed by atoms with Crippen LogP contribution < -0.4 is 5.32 Å². The van der Waals surface area contributed by atoms with Crippen LogP contribution in [0.2, 0.25) is 5.02 Å². The molecule has 4 rings (SSSR count). The molecule has 0 aliphatic carbocycles. The van der Waals surface area contributed by atoms with Crippen molar-refractivity contribution in [2.75, 3.05) is 12.4 Å². The molecule has 1 N–H and O–H groups in total. The van der Waals surface area contributed by atoms with Crippen LogP contribution in [0.5, 0.6) is 0 Å². The van der Waals surface area contributed by atoms with Crippen LogP contribution in [0.3, 0.4) is 0 Å². The van der Waals surface area contributed by atoms with Gasteiger partial charge in [-0.3, -0.25) is 4.79 Å². The van der Waals surface area contributed by atoms with Crippen LogP contribution >= 0.6 is 22.9 Å². The van der Waals surface area contributed by atoms with Gasteiger partial charge in [-0.05, 0) is 49.8 Å². The molecule has 36 heavy (non-hydrogen) atoms. The average molecular weight is 517 g/mol. The molecule has 180 valence electrons. The zero-order valence-electron chi connectivity index (χ0n) is 19.7. The van der Waals surface area contributed by atoms with E-state index in [1.807, 2.05) is 55.5 Å². The van der Waals surface area contributed by atoms with E-state index in [-0.39, 0.29) is 11.1 Å². The number of thiophene rings is 1. The topological polar surface area (TPSA) is 97.0 Å². The Balaban J connectivity index is 1.75. The average Bonchev–Trinajstić information content (AvgIpc) is 3.43. The van der Waals surface area contributed by atoms with Crippen LogP contribution in [0.4, 0.5) is 5.00 Å². The van der Waals surface area contributed by atoms with Crippen molar-refractivity contribution in [1.29, 1.82) is 5.26 Å². The number of hydrogen-bond acceptors (Lipinski definition) is 6. The van der Waals surface area contributed by atoms with Gasteiger partial charge in [0, 0.05) is 27.2 Å². The van der Waals surface area contributed by atoms with Gasteiger partial charge in [0.1, 0.15) is 16.6 Å². The summed E-state index contributed by atoms with van der Waals surface area (Å²) in [6, 6.07) is 18.6. The lowest BCUT2D eigenvalue weighted by Crippen LogP contribution is -2.15. The molecule has 0 radical (unpaired) electrons. The van der Waals surface area contributed by atoms with Crippen molar-refractivity contribution in [1.82, 2.24) is 9.78 Å². The van der Waals surface area contributed by atoms with Crippen LogP contribution in [0.25, 0.3) is 23.0 Å². The van der Waals surface area contributed by atoms with Crippen LogP contribution in [0, 0.1) is 25.2 Å². The molecule has 0 saturated carbocycles. The number of amides is 1. The molecule has 2 heterocycles. The first-order valence-corrected chi connectivity index (χ1v) is 12.0. The number of anilines is 1. The number of para-hydroxylation sites is 1. The molecule has 2 aromatic heterocycles. The number of aromatic nitrogens is 2. The van der Waals surface area contributed by atoms with Gasteiger partial charge in [-0.2, -0.15) is 10.4 Å². The van der Waals surface area contributed by atoms with E-state index in [4.69, 9.17) is 21.4 Å². The molecule has 0 spiro atoms. The lowest BCUT2D eigenvalue weighted by molar-refractivity contribution is -0.112. The fourth-order valence-electron chi connectivity index (χ4n) is 3.58. The van der Waals surface area contributed by atoms with E-state index >= 15 is 0 Å². The molecule has 0 bridgehead atoms. The molecule has 7 nitrogen and oxygen atoms in total. The summed E-state index contributed by atoms with van der Waals surface area (Å²) in [7, 11) is 1.28. The SMILES string of the molecule is COC(=O)c1c(NC(=O)/C(C#N)=C/c2cn(-c3ccccc3)nc2-c2ccc(Cl)cc2)sc(C)c1C. The van der Waals surface area contributed by atoms with Crippen molar-refractivity contribution >= 4 is 45.9 Å². The van der Waals surface area contributed by atoms with Crippen molar-refractivity contribution in [3.05, 3.63) is 93.0 Å². The highest BCUT2D eigenvalue weighted by molar-refractivity contribution is 7.16. The minimum absolute atomic E-state index is 0.141. The fraction of sp³-hybridized carbons (Fsp3) is 0.111. The van der Waals surface area contributed by atoms with Crippen molar-refractivity contribution in [3.63, 3.8) is 0 Å². The molecule has 4 aromatic rings. The second-order valence-corrected chi connectivity index (χ2v) is 9.48. The Morgan fingerprint density at radius 1 is 1.14 bits per heavy atom. The second kappa shape index (κ2) is 10.6. The first kappa shape index (κ1) is 24.9. The van der Waals surface area contributed by atoms with E-state index in [2.05, 4.69) is 5.32 Å². The summed E-state index contributed by atoms with van der Waals surface area (Å²) in [5, 5.41) is 18.2. The number of methoxy groups -OCH3 is 1. The summed E-state index contributed by atoms with van der Waals surface area (Å²) >= 11 is 7.31. The lowest BCUT2D eigenvalue weighted by Gasteiger charge is -2.06. The van der Waals surface area contributed by atoms with Crippen molar-refractivity contribution in [2.45, 2.75) is 13.8 Å². The smallest absolute Gasteiger partial charge is 0.341 e. The highest BCUT2D eigenvalue weighted by atomic mass is 35.5. The van der Waals surface area contributed by atoms with Gasteiger partial charge in [0.2, 0.25) is 0 Å². The normalized spacial score (nSPS) is 11.1. The number of esters is 1. The number of carbonyl (C=O) groups excluding carboxylic acids is 2. The monoisotopic (exact) mass is 516 g/mol. The van der Waals surface area contributed by atoms with E-state index in [1.54, 1.807) is 29.9 Å². The number of nitrogens with zero attached hydrogens (tertiary/aromatic N) is 3. The van der Waals surface area contributed by atoms with E-state index < -0.39 is 11.9 Å². The van der Waals surface area contributed by atoms with Crippen LogP contribution in [-0.4, -0.2) is 28.8 Å². The highest BCUT2D eigenvalue weighted by Crippen LogP contribution is 2.33. The third kappa shape index (κ3) is 5.08. The molecular weight excluding hydrogens is 496 g/mol. The number of nitriles is 1. The summed E-state index contributed by atoms with van der Waals surface area (Å²) in [5.74, 6) is -1.19. The van der Waals surface area contributed by atoms with Crippen molar-refractivity contribution < 1.29 is 14.3 Å². The molecular formula is C27H21ClN4O3S. The number of carbonyl (C=O) groups is 2. The zero-order chi connectivity index (χ0) is 25.8. The molecule has 0 unspecified atom stereocenters. The molecule has 0 aliphatic heterocycles. The third-order valence-electron chi connectivity index (χ3n) is 5.55. The summed E-state index contributed by atoms with van der Waals surface area (Å²) in [6.45, 7) is 3.63. The van der Waals surface area contributed by atoms with Crippen molar-refractivity contribution in [3.8, 4) is 23.0 Å². The Bertz CT molecular complexity index is 1510. The Morgan fingerprint density at radius 3 is 2.47 bits per heavy atom. The Hall–Kier alpha value is -4.19. The predicted molar refractivity (Wildman–Crippen MR) is 141 cm³/mol. The Labute approximate surface area is 217 Å². The third-order valence-corrected chi connectivity index (χ3v) is 6.92. The fourth-order valence-corrected chi connectivity index (χ4v) is 4.74. The summed E-state index contributed by atoms with van der Waals surface area (Å²) in [6.07, 6.45) is 3.24. The minimum atomic E-state index is -0.640. The highest BCUT2D eigenvalue weighted by Gasteiger charge is 2.23.